The lowest BCUT2D eigenvalue weighted by Crippen LogP contribution is -2.37. The Labute approximate surface area is 168 Å². The minimum Gasteiger partial charge on any atom is -0.424 e. The number of hydrogen-bond donors (Lipinski definition) is 3. The molecule has 2 heterocycles. The number of rotatable bonds is 5. The van der Waals surface area contributed by atoms with Crippen molar-refractivity contribution in [1.82, 2.24) is 24.1 Å². The Bertz CT molecular complexity index is 1300. The van der Waals surface area contributed by atoms with Crippen LogP contribution in [-0.4, -0.2) is 36.5 Å². The van der Waals surface area contributed by atoms with E-state index in [9.17, 15) is 19.2 Å². The highest BCUT2D eigenvalue weighted by Crippen LogP contribution is 2.18. The van der Waals surface area contributed by atoms with Crippen molar-refractivity contribution in [3.8, 4) is 5.75 Å². The SMILES string of the molecule is Cn1c(=O)c2c(ncn2CC(=O)Oc2ccccc2C(=O)NN=C(N)N)n(C)c1=O. The van der Waals surface area contributed by atoms with Gasteiger partial charge in [-0.2, -0.15) is 0 Å². The number of carbonyl (C=O) groups excluding carboxylic acids is 2. The van der Waals surface area contributed by atoms with Gasteiger partial charge in [0.25, 0.3) is 11.5 Å². The fraction of sp³-hybridized carbons (Fsp3) is 0.176. The van der Waals surface area contributed by atoms with E-state index in [0.29, 0.717) is 0 Å². The first-order valence-electron chi connectivity index (χ1n) is 8.50. The molecule has 0 aliphatic heterocycles. The highest BCUT2D eigenvalue weighted by atomic mass is 16.5. The number of hydrogen-bond acceptors (Lipinski definition) is 7. The maximum Gasteiger partial charge on any atom is 0.332 e. The van der Waals surface area contributed by atoms with Crippen molar-refractivity contribution in [2.24, 2.45) is 30.7 Å². The smallest absolute Gasteiger partial charge is 0.332 e. The zero-order valence-electron chi connectivity index (χ0n) is 16.0. The summed E-state index contributed by atoms with van der Waals surface area (Å²) in [6.45, 7) is -0.381. The third-order valence-electron chi connectivity index (χ3n) is 4.16. The van der Waals surface area contributed by atoms with Gasteiger partial charge < -0.3 is 20.8 Å². The molecule has 156 valence electrons. The van der Waals surface area contributed by atoms with E-state index in [1.54, 1.807) is 12.1 Å². The number of ether oxygens (including phenoxy) is 1. The zero-order valence-corrected chi connectivity index (χ0v) is 16.0. The summed E-state index contributed by atoms with van der Waals surface area (Å²) >= 11 is 0. The molecule has 3 aromatic rings. The molecule has 3 rings (SSSR count). The van der Waals surface area contributed by atoms with E-state index in [1.807, 2.05) is 0 Å². The predicted octanol–water partition coefficient (Wildman–Crippen LogP) is -2.04. The minimum absolute atomic E-state index is 0.0182. The number of nitrogens with zero attached hydrogens (tertiary/aromatic N) is 5. The van der Waals surface area contributed by atoms with Gasteiger partial charge in [-0.15, -0.1) is 5.10 Å². The fourth-order valence-electron chi connectivity index (χ4n) is 2.73. The van der Waals surface area contributed by atoms with Gasteiger partial charge in [0, 0.05) is 14.1 Å². The van der Waals surface area contributed by atoms with Gasteiger partial charge in [0.2, 0.25) is 5.96 Å². The molecule has 0 saturated carbocycles. The number of benzene rings is 1. The van der Waals surface area contributed by atoms with Crippen LogP contribution in [0.5, 0.6) is 5.75 Å². The standard InChI is InChI=1S/C17H18N8O5/c1-23-13-12(15(28)24(2)17(23)29)25(8-20-13)7-11(26)30-10-6-4-3-5-9(10)14(27)21-22-16(18)19/h3-6,8H,7H2,1-2H3,(H,21,27)(H4,18,19,22). The second-order valence-corrected chi connectivity index (χ2v) is 6.20. The van der Waals surface area contributed by atoms with Crippen LogP contribution in [0.15, 0.2) is 45.3 Å². The number of esters is 1. The molecular weight excluding hydrogens is 396 g/mol. The summed E-state index contributed by atoms with van der Waals surface area (Å²) < 4.78 is 8.66. The van der Waals surface area contributed by atoms with Crippen LogP contribution in [0.3, 0.4) is 0 Å². The Morgan fingerprint density at radius 1 is 1.17 bits per heavy atom. The molecular formula is C17H18N8O5. The average molecular weight is 414 g/mol. The first kappa shape index (κ1) is 20.3. The molecule has 1 amide bonds. The van der Waals surface area contributed by atoms with Crippen molar-refractivity contribution in [3.05, 3.63) is 57.0 Å². The maximum atomic E-state index is 12.5. The van der Waals surface area contributed by atoms with Crippen LogP contribution in [0, 0.1) is 0 Å². The Morgan fingerprint density at radius 2 is 1.87 bits per heavy atom. The molecule has 0 unspecified atom stereocenters. The molecule has 2 aromatic heterocycles. The van der Waals surface area contributed by atoms with Crippen molar-refractivity contribution < 1.29 is 14.3 Å². The fourth-order valence-corrected chi connectivity index (χ4v) is 2.73. The summed E-state index contributed by atoms with van der Waals surface area (Å²) in [5.41, 5.74) is 11.5. The van der Waals surface area contributed by atoms with Gasteiger partial charge in [-0.1, -0.05) is 12.1 Å². The van der Waals surface area contributed by atoms with Crippen LogP contribution >= 0.6 is 0 Å². The topological polar surface area (TPSA) is 182 Å². The molecule has 13 heteroatoms. The van der Waals surface area contributed by atoms with Crippen LogP contribution in [0.2, 0.25) is 0 Å². The number of imidazole rings is 1. The van der Waals surface area contributed by atoms with Crippen LogP contribution in [0.4, 0.5) is 0 Å². The number of nitrogens with one attached hydrogen (secondary N) is 1. The monoisotopic (exact) mass is 414 g/mol. The van der Waals surface area contributed by atoms with Crippen LogP contribution in [0.25, 0.3) is 11.2 Å². The number of guanidine groups is 1. The normalized spacial score (nSPS) is 10.6. The van der Waals surface area contributed by atoms with E-state index >= 15 is 0 Å². The Balaban J connectivity index is 1.88. The van der Waals surface area contributed by atoms with Gasteiger partial charge in [-0.05, 0) is 12.1 Å². The second-order valence-electron chi connectivity index (χ2n) is 6.20. The average Bonchev–Trinajstić information content (AvgIpc) is 3.12. The number of aromatic nitrogens is 4. The maximum absolute atomic E-state index is 12.5. The Morgan fingerprint density at radius 3 is 2.57 bits per heavy atom. The molecule has 0 aliphatic carbocycles. The highest BCUT2D eigenvalue weighted by molar-refractivity contribution is 5.98. The molecule has 0 bridgehead atoms. The predicted molar refractivity (Wildman–Crippen MR) is 106 cm³/mol. The molecule has 0 saturated heterocycles. The molecule has 1 aromatic carbocycles. The van der Waals surface area contributed by atoms with Crippen molar-refractivity contribution in [3.63, 3.8) is 0 Å². The van der Waals surface area contributed by atoms with Crippen molar-refractivity contribution in [2.75, 3.05) is 0 Å². The number of amides is 1. The first-order chi connectivity index (χ1) is 14.2. The molecule has 30 heavy (non-hydrogen) atoms. The first-order valence-corrected chi connectivity index (χ1v) is 8.50. The number of fused-ring (bicyclic) bond motifs is 1. The van der Waals surface area contributed by atoms with Gasteiger partial charge in [0.1, 0.15) is 12.3 Å². The highest BCUT2D eigenvalue weighted by Gasteiger charge is 2.19. The molecule has 0 radical (unpaired) electrons. The zero-order chi connectivity index (χ0) is 22.0. The molecule has 0 fully saturated rings. The molecule has 0 atom stereocenters. The van der Waals surface area contributed by atoms with Crippen LogP contribution < -0.4 is 32.9 Å². The summed E-state index contributed by atoms with van der Waals surface area (Å²) in [4.78, 5) is 53.1. The summed E-state index contributed by atoms with van der Waals surface area (Å²) in [5, 5.41) is 3.40. The van der Waals surface area contributed by atoms with Crippen molar-refractivity contribution in [1.29, 1.82) is 0 Å². The van der Waals surface area contributed by atoms with E-state index in [-0.39, 0.29) is 35.0 Å². The molecule has 5 N–H and O–H groups in total. The number of hydrazone groups is 1. The van der Waals surface area contributed by atoms with E-state index in [4.69, 9.17) is 16.2 Å². The van der Waals surface area contributed by atoms with E-state index in [0.717, 1.165) is 4.57 Å². The van der Waals surface area contributed by atoms with Gasteiger partial charge in [0.05, 0.1) is 11.9 Å². The third kappa shape index (κ3) is 3.76. The number of para-hydroxylation sites is 1. The second kappa shape index (κ2) is 7.90. The van der Waals surface area contributed by atoms with Gasteiger partial charge >= 0.3 is 11.7 Å². The number of nitrogens with two attached hydrogens (primary N) is 2. The lowest BCUT2D eigenvalue weighted by molar-refractivity contribution is -0.135. The largest absolute Gasteiger partial charge is 0.424 e. The van der Waals surface area contributed by atoms with E-state index in [1.165, 1.54) is 41.7 Å². The van der Waals surface area contributed by atoms with Gasteiger partial charge in [-0.3, -0.25) is 18.7 Å². The Kier molecular flexibility index (Phi) is 5.35. The minimum atomic E-state index is -0.771. The van der Waals surface area contributed by atoms with Crippen LogP contribution in [-0.2, 0) is 25.4 Å². The molecule has 0 spiro atoms. The van der Waals surface area contributed by atoms with Gasteiger partial charge in [-0.25, -0.2) is 20.0 Å². The lowest BCUT2D eigenvalue weighted by Gasteiger charge is -2.10. The summed E-state index contributed by atoms with van der Waals surface area (Å²) in [6, 6.07) is 5.96. The number of aryl methyl sites for hydroxylation is 1. The van der Waals surface area contributed by atoms with Crippen molar-refractivity contribution >= 4 is 29.0 Å². The summed E-state index contributed by atoms with van der Waals surface area (Å²) in [7, 11) is 2.79. The van der Waals surface area contributed by atoms with Crippen molar-refractivity contribution in [2.45, 2.75) is 6.54 Å². The quantitative estimate of drug-likeness (QED) is 0.140. The van der Waals surface area contributed by atoms with Crippen LogP contribution in [0.1, 0.15) is 10.4 Å². The third-order valence-corrected chi connectivity index (χ3v) is 4.16. The summed E-state index contributed by atoms with van der Waals surface area (Å²) in [6.07, 6.45) is 1.25. The van der Waals surface area contributed by atoms with E-state index < -0.39 is 23.1 Å². The Hall–Kier alpha value is -4.42. The lowest BCUT2D eigenvalue weighted by atomic mass is 10.2. The summed E-state index contributed by atoms with van der Waals surface area (Å²) in [5.74, 6) is -1.84. The number of carbonyl (C=O) groups is 2. The molecule has 0 aliphatic rings. The van der Waals surface area contributed by atoms with E-state index in [2.05, 4.69) is 15.5 Å². The molecule has 13 nitrogen and oxygen atoms in total. The van der Waals surface area contributed by atoms with Gasteiger partial charge in [0.15, 0.2) is 11.2 Å².